The molecule has 1 aromatic rings. The van der Waals surface area contributed by atoms with Crippen LogP contribution in [0.2, 0.25) is 0 Å². The highest BCUT2D eigenvalue weighted by Gasteiger charge is 2.72. The van der Waals surface area contributed by atoms with Gasteiger partial charge in [0.1, 0.15) is 11.3 Å². The molecule has 2 fully saturated rings. The molecule has 3 aliphatic rings. The van der Waals surface area contributed by atoms with Crippen molar-refractivity contribution in [3.63, 3.8) is 0 Å². The van der Waals surface area contributed by atoms with Crippen LogP contribution in [0.15, 0.2) is 30.4 Å². The first-order valence-corrected chi connectivity index (χ1v) is 7.88. The number of nitro groups is 1. The van der Waals surface area contributed by atoms with E-state index in [1.54, 1.807) is 32.1 Å². The molecular weight excluding hydrogens is 328 g/mol. The lowest BCUT2D eigenvalue weighted by Gasteiger charge is -2.26. The molecule has 8 nitrogen and oxygen atoms in total. The van der Waals surface area contributed by atoms with Crippen molar-refractivity contribution < 1.29 is 24.4 Å². The molecule has 0 saturated carbocycles. The van der Waals surface area contributed by atoms with Crippen molar-refractivity contribution >= 4 is 23.2 Å². The normalized spacial score (nSPS) is 35.6. The fourth-order valence-electron chi connectivity index (χ4n) is 4.25. The number of amides is 2. The molecule has 3 heterocycles. The maximum atomic E-state index is 13.0. The smallest absolute Gasteiger partial charge is 0.293 e. The number of hydrogen-bond donors (Lipinski definition) is 1. The number of carbonyl (C=O) groups is 2. The number of anilines is 1. The SMILES string of the molecule is Cc1ccc(N2C(=O)[C@H]3[C@H](C2=O)[C@@]2(CO)C=C[C@@]3(C)O2)c([N+](=O)[O-])c1. The molecule has 25 heavy (non-hydrogen) atoms. The first kappa shape index (κ1) is 15.9. The highest BCUT2D eigenvalue weighted by atomic mass is 16.6. The maximum absolute atomic E-state index is 13.0. The van der Waals surface area contributed by atoms with Crippen molar-refractivity contribution in [2.45, 2.75) is 25.0 Å². The lowest BCUT2D eigenvalue weighted by Crippen LogP contribution is -2.43. The highest BCUT2D eigenvalue weighted by Crippen LogP contribution is 2.57. The third-order valence-corrected chi connectivity index (χ3v) is 5.37. The van der Waals surface area contributed by atoms with Gasteiger partial charge in [-0.05, 0) is 25.5 Å². The van der Waals surface area contributed by atoms with Crippen molar-refractivity contribution in [1.29, 1.82) is 0 Å². The zero-order valence-corrected chi connectivity index (χ0v) is 13.6. The van der Waals surface area contributed by atoms with E-state index < -0.39 is 46.4 Å². The number of nitro benzene ring substituents is 1. The van der Waals surface area contributed by atoms with Gasteiger partial charge in [-0.25, -0.2) is 4.90 Å². The van der Waals surface area contributed by atoms with Crippen molar-refractivity contribution in [2.75, 3.05) is 11.5 Å². The Kier molecular flexibility index (Phi) is 3.02. The maximum Gasteiger partial charge on any atom is 0.293 e. The van der Waals surface area contributed by atoms with Gasteiger partial charge >= 0.3 is 0 Å². The largest absolute Gasteiger partial charge is 0.393 e. The summed E-state index contributed by atoms with van der Waals surface area (Å²) in [6.45, 7) is 2.94. The van der Waals surface area contributed by atoms with Crippen LogP contribution in [0.1, 0.15) is 12.5 Å². The number of carbonyl (C=O) groups excluding carboxylic acids is 2. The van der Waals surface area contributed by atoms with E-state index in [1.807, 2.05) is 0 Å². The van der Waals surface area contributed by atoms with Crippen LogP contribution in [0.4, 0.5) is 11.4 Å². The minimum atomic E-state index is -1.25. The quantitative estimate of drug-likeness (QED) is 0.380. The first-order chi connectivity index (χ1) is 11.7. The second-order valence-corrected chi connectivity index (χ2v) is 6.95. The molecule has 0 radical (unpaired) electrons. The summed E-state index contributed by atoms with van der Waals surface area (Å²) in [6.07, 6.45) is 3.30. The summed E-state index contributed by atoms with van der Waals surface area (Å²) < 4.78 is 5.82. The molecule has 2 saturated heterocycles. The van der Waals surface area contributed by atoms with Gasteiger partial charge in [0.2, 0.25) is 11.8 Å². The predicted octanol–water partition coefficient (Wildman–Crippen LogP) is 1.10. The van der Waals surface area contributed by atoms with Gasteiger partial charge in [0, 0.05) is 6.07 Å². The van der Waals surface area contributed by atoms with E-state index in [2.05, 4.69) is 0 Å². The summed E-state index contributed by atoms with van der Waals surface area (Å²) in [7, 11) is 0. The monoisotopic (exact) mass is 344 g/mol. The Labute approximate surface area is 142 Å². The van der Waals surface area contributed by atoms with E-state index in [0.717, 1.165) is 4.90 Å². The van der Waals surface area contributed by atoms with Crippen LogP contribution in [-0.2, 0) is 14.3 Å². The number of hydrogen-bond acceptors (Lipinski definition) is 6. The van der Waals surface area contributed by atoms with E-state index in [4.69, 9.17) is 4.74 Å². The van der Waals surface area contributed by atoms with Crippen LogP contribution < -0.4 is 4.90 Å². The molecule has 0 aromatic heterocycles. The van der Waals surface area contributed by atoms with Gasteiger partial charge in [0.15, 0.2) is 0 Å². The van der Waals surface area contributed by atoms with Gasteiger partial charge < -0.3 is 9.84 Å². The molecule has 2 amide bonds. The van der Waals surface area contributed by atoms with Crippen LogP contribution in [-0.4, -0.2) is 39.7 Å². The molecule has 0 unspecified atom stereocenters. The van der Waals surface area contributed by atoms with Gasteiger partial charge in [-0.1, -0.05) is 18.2 Å². The average Bonchev–Trinajstić information content (AvgIpc) is 3.14. The van der Waals surface area contributed by atoms with Gasteiger partial charge in [-0.2, -0.15) is 0 Å². The third kappa shape index (κ3) is 1.83. The minimum absolute atomic E-state index is 0.0453. The lowest BCUT2D eigenvalue weighted by atomic mass is 9.73. The van der Waals surface area contributed by atoms with Crippen LogP contribution in [0, 0.1) is 28.9 Å². The molecular formula is C17H16N2O6. The van der Waals surface area contributed by atoms with E-state index in [9.17, 15) is 24.8 Å². The number of aliphatic hydroxyl groups excluding tert-OH is 1. The topological polar surface area (TPSA) is 110 Å². The summed E-state index contributed by atoms with van der Waals surface area (Å²) in [5.41, 5.74) is -1.95. The van der Waals surface area contributed by atoms with E-state index >= 15 is 0 Å². The second-order valence-electron chi connectivity index (χ2n) is 6.95. The van der Waals surface area contributed by atoms with Crippen molar-refractivity contribution in [3.8, 4) is 0 Å². The second kappa shape index (κ2) is 4.74. The van der Waals surface area contributed by atoms with Crippen LogP contribution in [0.5, 0.6) is 0 Å². The Hall–Kier alpha value is -2.58. The number of aliphatic hydroxyl groups is 1. The minimum Gasteiger partial charge on any atom is -0.393 e. The summed E-state index contributed by atoms with van der Waals surface area (Å²) in [6, 6.07) is 4.36. The number of aryl methyl sites for hydroxylation is 1. The summed E-state index contributed by atoms with van der Waals surface area (Å²) in [4.78, 5) is 37.7. The zero-order chi connectivity index (χ0) is 18.1. The number of nitrogens with zero attached hydrogens (tertiary/aromatic N) is 2. The number of fused-ring (bicyclic) bond motifs is 5. The van der Waals surface area contributed by atoms with E-state index in [0.29, 0.717) is 5.56 Å². The van der Waals surface area contributed by atoms with Crippen molar-refractivity contribution in [3.05, 3.63) is 46.0 Å². The fraction of sp³-hybridized carbons (Fsp3) is 0.412. The van der Waals surface area contributed by atoms with Crippen molar-refractivity contribution in [1.82, 2.24) is 0 Å². The third-order valence-electron chi connectivity index (χ3n) is 5.37. The average molecular weight is 344 g/mol. The van der Waals surface area contributed by atoms with E-state index in [-0.39, 0.29) is 11.4 Å². The molecule has 1 N–H and O–H groups in total. The summed E-state index contributed by atoms with van der Waals surface area (Å²) in [5.74, 6) is -2.81. The molecule has 8 heteroatoms. The standard InChI is InChI=1S/C17H16N2O6/c1-9-3-4-10(11(7-9)19(23)24)18-14(21)12-13(15(18)22)17(8-20)6-5-16(12,2)25-17/h3-7,12-13,20H,8H2,1-2H3/t12-,13-,16-,17+/m1/s1. The molecule has 2 bridgehead atoms. The molecule has 0 aliphatic carbocycles. The van der Waals surface area contributed by atoms with Crippen molar-refractivity contribution in [2.24, 2.45) is 11.8 Å². The molecule has 4 rings (SSSR count). The van der Waals surface area contributed by atoms with Crippen LogP contribution in [0.25, 0.3) is 0 Å². The van der Waals surface area contributed by atoms with Gasteiger partial charge in [-0.15, -0.1) is 0 Å². The van der Waals surface area contributed by atoms with Crippen LogP contribution in [0.3, 0.4) is 0 Å². The molecule has 0 spiro atoms. The number of ether oxygens (including phenoxy) is 1. The van der Waals surface area contributed by atoms with Gasteiger partial charge in [0.25, 0.3) is 5.69 Å². The molecule has 4 atom stereocenters. The zero-order valence-electron chi connectivity index (χ0n) is 13.6. The lowest BCUT2D eigenvalue weighted by molar-refractivity contribution is -0.384. The van der Waals surface area contributed by atoms with E-state index in [1.165, 1.54) is 12.1 Å². The predicted molar refractivity (Wildman–Crippen MR) is 85.8 cm³/mol. The Balaban J connectivity index is 1.85. The Morgan fingerprint density at radius 1 is 1.28 bits per heavy atom. The Bertz CT molecular complexity index is 865. The number of rotatable bonds is 3. The molecule has 3 aliphatic heterocycles. The molecule has 1 aromatic carbocycles. The Morgan fingerprint density at radius 3 is 2.60 bits per heavy atom. The fourth-order valence-corrected chi connectivity index (χ4v) is 4.25. The Morgan fingerprint density at radius 2 is 1.96 bits per heavy atom. The number of imide groups is 1. The van der Waals surface area contributed by atoms with Crippen LogP contribution >= 0.6 is 0 Å². The number of benzene rings is 1. The highest BCUT2D eigenvalue weighted by molar-refractivity contribution is 6.24. The summed E-state index contributed by atoms with van der Waals surface area (Å²) >= 11 is 0. The first-order valence-electron chi connectivity index (χ1n) is 7.88. The van der Waals surface area contributed by atoms with Gasteiger partial charge in [-0.3, -0.25) is 19.7 Å². The van der Waals surface area contributed by atoms with Gasteiger partial charge in [0.05, 0.1) is 29.0 Å². The summed E-state index contributed by atoms with van der Waals surface area (Å²) in [5, 5.41) is 21.2. The molecule has 130 valence electrons.